The van der Waals surface area contributed by atoms with Crippen LogP contribution in [0.3, 0.4) is 0 Å². The van der Waals surface area contributed by atoms with Gasteiger partial charge in [0.1, 0.15) is 0 Å². The lowest BCUT2D eigenvalue weighted by molar-refractivity contribution is 1.09. The van der Waals surface area contributed by atoms with Gasteiger partial charge in [-0.1, -0.05) is 285 Å². The van der Waals surface area contributed by atoms with Gasteiger partial charge in [-0.05, 0) is 221 Å². The minimum Gasteiger partial charge on any atom is -0.0616 e. The maximum atomic E-state index is 2.33. The topological polar surface area (TPSA) is 0 Å². The molecule has 0 nitrogen and oxygen atoms in total. The maximum absolute atomic E-state index is 2.33. The van der Waals surface area contributed by atoms with E-state index < -0.39 is 0 Å². The summed E-state index contributed by atoms with van der Waals surface area (Å²) in [5.74, 6) is 0. The molecule has 12 rings (SSSR count). The Labute approximate surface area is 503 Å². The summed E-state index contributed by atoms with van der Waals surface area (Å²) < 4.78 is 0. The lowest BCUT2D eigenvalue weighted by atomic mass is 9.89. The van der Waals surface area contributed by atoms with Gasteiger partial charge >= 0.3 is 0 Å². The van der Waals surface area contributed by atoms with Crippen LogP contribution in [0.4, 0.5) is 0 Å². The predicted octanol–water partition coefficient (Wildman–Crippen LogP) is 21.8. The highest BCUT2D eigenvalue weighted by molar-refractivity contribution is 5.91. The van der Waals surface area contributed by atoms with Crippen LogP contribution in [0, 0.1) is 83.1 Å². The minimum absolute atomic E-state index is 0.976. The van der Waals surface area contributed by atoms with Crippen LogP contribution >= 0.6 is 0 Å². The molecule has 12 aromatic carbocycles. The maximum Gasteiger partial charge on any atom is -0.00166 e. The summed E-state index contributed by atoms with van der Waals surface area (Å²) in [6.07, 6.45) is 5.87. The first kappa shape index (κ1) is 58.6. The highest BCUT2D eigenvalue weighted by Crippen LogP contribution is 2.32. The van der Waals surface area contributed by atoms with Gasteiger partial charge in [0.05, 0.1) is 0 Å². The van der Waals surface area contributed by atoms with Gasteiger partial charge in [0, 0.05) is 0 Å². The first-order valence-electron chi connectivity index (χ1n) is 30.3. The Hall–Kier alpha value is -8.58. The molecular weight excluding hydrogens is 1010 g/mol. The second-order valence-electron chi connectivity index (χ2n) is 24.8. The molecule has 0 spiro atoms. The highest BCUT2D eigenvalue weighted by atomic mass is 14.2. The van der Waals surface area contributed by atoms with E-state index in [9.17, 15) is 0 Å². The molecule has 0 aliphatic carbocycles. The smallest absolute Gasteiger partial charge is 0.00166 e. The molecule has 0 amide bonds. The van der Waals surface area contributed by atoms with Gasteiger partial charge < -0.3 is 0 Å². The van der Waals surface area contributed by atoms with E-state index in [0.717, 1.165) is 38.5 Å². The summed E-state index contributed by atoms with van der Waals surface area (Å²) in [6, 6.07) is 81.7. The third-order valence-corrected chi connectivity index (χ3v) is 16.4. The van der Waals surface area contributed by atoms with Crippen LogP contribution in [0.1, 0.15) is 134 Å². The lowest BCUT2D eigenvalue weighted by Crippen LogP contribution is -2.00. The second-order valence-corrected chi connectivity index (χ2v) is 24.8. The normalized spacial score (nSPS) is 11.1. The molecule has 0 N–H and O–H groups in total. The van der Waals surface area contributed by atoms with Crippen LogP contribution in [0.2, 0.25) is 0 Å². The van der Waals surface area contributed by atoms with Crippen molar-refractivity contribution in [1.82, 2.24) is 0 Å². The van der Waals surface area contributed by atoms with Crippen molar-refractivity contribution in [3.05, 3.63) is 352 Å². The van der Waals surface area contributed by atoms with Crippen LogP contribution in [-0.2, 0) is 38.5 Å². The average Bonchev–Trinajstić information content (AvgIpc) is 3.26. The van der Waals surface area contributed by atoms with Crippen molar-refractivity contribution in [2.75, 3.05) is 0 Å². The zero-order valence-corrected chi connectivity index (χ0v) is 52.0. The van der Waals surface area contributed by atoms with Crippen LogP contribution < -0.4 is 0 Å². The molecule has 84 heavy (non-hydrogen) atoms. The Bertz CT molecular complexity index is 3880. The molecule has 0 aliphatic heterocycles. The minimum atomic E-state index is 0.976. The third kappa shape index (κ3) is 15.2. The highest BCUT2D eigenvalue weighted by Gasteiger charge is 2.14. The summed E-state index contributed by atoms with van der Waals surface area (Å²) in [7, 11) is 0. The van der Waals surface area contributed by atoms with Gasteiger partial charge in [-0.2, -0.15) is 0 Å². The molecule has 0 aliphatic rings. The van der Waals surface area contributed by atoms with Crippen molar-refractivity contribution in [2.45, 2.75) is 122 Å². The van der Waals surface area contributed by atoms with E-state index in [-0.39, 0.29) is 0 Å². The summed E-state index contributed by atoms with van der Waals surface area (Å²) in [6.45, 7) is 26.2. The molecule has 0 saturated carbocycles. The van der Waals surface area contributed by atoms with E-state index in [4.69, 9.17) is 0 Å². The molecule has 420 valence electrons. The van der Waals surface area contributed by atoms with E-state index in [1.54, 1.807) is 0 Å². The van der Waals surface area contributed by atoms with Gasteiger partial charge in [-0.25, -0.2) is 0 Å². The molecule has 0 heterocycles. The molecule has 0 bridgehead atoms. The van der Waals surface area contributed by atoms with Gasteiger partial charge in [-0.15, -0.1) is 0 Å². The standard InChI is InChI=1S/3C28H28/c1-19-11-20(2)14-23(13-19)17-25-7-5-10-28-26(8-6-9-27(25)28)18-24-15-21(3)12-22(4)16-24;1-19-11-20(2)14-23(13-19)17-25-9-10-26(28-8-6-5-7-27(25)28)18-24-15-21(3)12-22(4)16-24;1-19-11-20(2)14-23(13-19)17-26-10-9-25-7-5-6-8-27(25)28(26)18-24-15-21(3)12-22(4)16-24/h3*5-16H,17-18H2,1-4H3. The van der Waals surface area contributed by atoms with Crippen LogP contribution in [-0.4, -0.2) is 0 Å². The zero-order valence-electron chi connectivity index (χ0n) is 52.0. The van der Waals surface area contributed by atoms with Crippen molar-refractivity contribution >= 4 is 32.3 Å². The zero-order chi connectivity index (χ0) is 59.0. The van der Waals surface area contributed by atoms with Crippen molar-refractivity contribution < 1.29 is 0 Å². The Morgan fingerprint density at radius 1 is 0.179 bits per heavy atom. The molecule has 0 heteroatoms. The van der Waals surface area contributed by atoms with Crippen LogP contribution in [0.25, 0.3) is 32.3 Å². The van der Waals surface area contributed by atoms with Gasteiger partial charge in [0.15, 0.2) is 0 Å². The van der Waals surface area contributed by atoms with E-state index in [1.165, 1.54) is 166 Å². The van der Waals surface area contributed by atoms with E-state index in [1.807, 2.05) is 0 Å². The van der Waals surface area contributed by atoms with Crippen molar-refractivity contribution in [2.24, 2.45) is 0 Å². The number of hydrogen-bond acceptors (Lipinski definition) is 0. The van der Waals surface area contributed by atoms with E-state index in [0.29, 0.717) is 0 Å². The molecule has 0 atom stereocenters. The molecule has 0 unspecified atom stereocenters. The predicted molar refractivity (Wildman–Crippen MR) is 364 cm³/mol. The number of hydrogen-bond donors (Lipinski definition) is 0. The number of aryl methyl sites for hydroxylation is 12. The van der Waals surface area contributed by atoms with Crippen molar-refractivity contribution in [3.8, 4) is 0 Å². The van der Waals surface area contributed by atoms with Gasteiger partial charge in [0.25, 0.3) is 0 Å². The molecule has 0 aromatic heterocycles. The second kappa shape index (κ2) is 26.3. The summed E-state index contributed by atoms with van der Waals surface area (Å²) in [5, 5.41) is 8.22. The van der Waals surface area contributed by atoms with Crippen molar-refractivity contribution in [3.63, 3.8) is 0 Å². The van der Waals surface area contributed by atoms with Crippen molar-refractivity contribution in [1.29, 1.82) is 0 Å². The summed E-state index contributed by atoms with van der Waals surface area (Å²) in [4.78, 5) is 0. The Morgan fingerprint density at radius 3 is 0.714 bits per heavy atom. The van der Waals surface area contributed by atoms with Crippen LogP contribution in [0.5, 0.6) is 0 Å². The Balaban J connectivity index is 0.000000140. The first-order chi connectivity index (χ1) is 40.4. The first-order valence-corrected chi connectivity index (χ1v) is 30.3. The Morgan fingerprint density at radius 2 is 0.405 bits per heavy atom. The molecule has 12 aromatic rings. The quantitative estimate of drug-likeness (QED) is 0.114. The monoisotopic (exact) mass is 1090 g/mol. The third-order valence-electron chi connectivity index (χ3n) is 16.4. The fourth-order valence-corrected chi connectivity index (χ4v) is 13.6. The fourth-order valence-electron chi connectivity index (χ4n) is 13.6. The van der Waals surface area contributed by atoms with E-state index >= 15 is 0 Å². The largest absolute Gasteiger partial charge is 0.0616 e. The summed E-state index contributed by atoms with van der Waals surface area (Å²) >= 11 is 0. The van der Waals surface area contributed by atoms with Gasteiger partial charge in [-0.3, -0.25) is 0 Å². The molecule has 0 fully saturated rings. The number of benzene rings is 12. The summed E-state index contributed by atoms with van der Waals surface area (Å²) in [5.41, 5.74) is 33.0. The molecular formula is C84H84. The fraction of sp³-hybridized carbons (Fsp3) is 0.214. The molecule has 0 radical (unpaired) electrons. The van der Waals surface area contributed by atoms with E-state index in [2.05, 4.69) is 301 Å². The van der Waals surface area contributed by atoms with Crippen LogP contribution in [0.15, 0.2) is 218 Å². The SMILES string of the molecule is Cc1cc(C)cc(Cc2ccc(Cc3cc(C)cc(C)c3)c3ccccc23)c1.Cc1cc(C)cc(Cc2ccc3ccccc3c2Cc2cc(C)cc(C)c2)c1.Cc1cc(C)cc(Cc2cccc3c(Cc4cc(C)cc(C)c4)cccc23)c1. The average molecular weight is 1090 g/mol. The lowest BCUT2D eigenvalue weighted by Gasteiger charge is -2.15. The Kier molecular flexibility index (Phi) is 18.4. The van der Waals surface area contributed by atoms with Gasteiger partial charge in [0.2, 0.25) is 0 Å². The molecule has 0 saturated heterocycles. The number of rotatable bonds is 12. The number of fused-ring (bicyclic) bond motifs is 3.